The van der Waals surface area contributed by atoms with Crippen molar-refractivity contribution in [2.24, 2.45) is 29.4 Å². The Morgan fingerprint density at radius 2 is 1.76 bits per heavy atom. The van der Waals surface area contributed by atoms with Crippen LogP contribution in [-0.2, 0) is 32.0 Å². The van der Waals surface area contributed by atoms with Crippen molar-refractivity contribution in [3.05, 3.63) is 53.1 Å². The number of carbonyl (C=O) groups is 5. The molecule has 2 aromatic carbocycles. The molecule has 0 radical (unpaired) electrons. The first-order valence-corrected chi connectivity index (χ1v) is 14.2. The molecule has 0 aliphatic heterocycles. The minimum Gasteiger partial charge on any atom is -0.507 e. The molecule has 0 spiro atoms. The highest BCUT2D eigenvalue weighted by atomic mass is 16.3. The van der Waals surface area contributed by atoms with Crippen molar-refractivity contribution in [3.8, 4) is 29.2 Å². The molecule has 0 aromatic heterocycles. The van der Waals surface area contributed by atoms with Gasteiger partial charge in [0.05, 0.1) is 17.5 Å². The van der Waals surface area contributed by atoms with Crippen molar-refractivity contribution in [1.29, 1.82) is 0 Å². The van der Waals surface area contributed by atoms with Crippen LogP contribution in [0.5, 0.6) is 5.75 Å². The van der Waals surface area contributed by atoms with E-state index < -0.39 is 64.4 Å². The summed E-state index contributed by atoms with van der Waals surface area (Å²) in [5.74, 6) is -7.89. The van der Waals surface area contributed by atoms with Gasteiger partial charge in [-0.05, 0) is 80.4 Å². The minimum atomic E-state index is -2.74. The molecule has 0 heterocycles. The highest BCUT2D eigenvalue weighted by Gasteiger charge is 2.69. The fourth-order valence-electron chi connectivity index (χ4n) is 7.28. The van der Waals surface area contributed by atoms with Crippen molar-refractivity contribution in [3.63, 3.8) is 0 Å². The second kappa shape index (κ2) is 10.9. The number of benzene rings is 2. The summed E-state index contributed by atoms with van der Waals surface area (Å²) in [5, 5.41) is 22.5. The molecule has 218 valence electrons. The van der Waals surface area contributed by atoms with Gasteiger partial charge in [0.1, 0.15) is 5.75 Å². The Kier molecular flexibility index (Phi) is 7.64. The van der Waals surface area contributed by atoms with Crippen molar-refractivity contribution in [1.82, 2.24) is 4.90 Å². The number of primary amides is 1. The van der Waals surface area contributed by atoms with E-state index in [0.717, 1.165) is 42.4 Å². The van der Waals surface area contributed by atoms with E-state index >= 15 is 0 Å². The van der Waals surface area contributed by atoms with Gasteiger partial charge in [0, 0.05) is 12.3 Å². The number of phenolic OH excluding ortho intramolecular Hbond substituents is 1. The third kappa shape index (κ3) is 4.46. The van der Waals surface area contributed by atoms with Crippen LogP contribution in [-0.4, -0.2) is 69.9 Å². The first kappa shape index (κ1) is 29.4. The van der Waals surface area contributed by atoms with Gasteiger partial charge in [-0.15, -0.1) is 12.3 Å². The second-order valence-electron chi connectivity index (χ2n) is 11.9. The first-order chi connectivity index (χ1) is 19.9. The number of amides is 1. The number of aromatic hydroxyl groups is 1. The van der Waals surface area contributed by atoms with Gasteiger partial charge in [0.2, 0.25) is 5.91 Å². The van der Waals surface area contributed by atoms with Crippen LogP contribution in [0.3, 0.4) is 0 Å². The van der Waals surface area contributed by atoms with Gasteiger partial charge in [0.15, 0.2) is 34.7 Å². The number of unbranched alkanes of at least 4 members (excludes halogenated alkanes) is 2. The standard InChI is InChI=1S/C33H34N2O7/c1-4-5-6-7-8-17-9-11-18(12-10-17)20-13-14-23(36)25-21(20)15-19-16-22-27(35(2)3)29(38)26(32(34)41)31(40)33(22,42)30(39)24(19)28(25)37/h1,9-14,19,22,24,26-27,36,42H,5-8,15-16H2,2-3H3,(H2,34,41)/t19-,22-,24?,26?,27?,33-/m1/s1. The summed E-state index contributed by atoms with van der Waals surface area (Å²) in [6, 6.07) is 9.93. The van der Waals surface area contributed by atoms with Crippen LogP contribution < -0.4 is 5.73 Å². The van der Waals surface area contributed by atoms with Gasteiger partial charge in [-0.3, -0.25) is 28.9 Å². The lowest BCUT2D eigenvalue weighted by molar-refractivity contribution is -0.181. The predicted octanol–water partition coefficient (Wildman–Crippen LogP) is 1.88. The molecular formula is C33H34N2O7. The van der Waals surface area contributed by atoms with Crippen LogP contribution in [0.4, 0.5) is 0 Å². The van der Waals surface area contributed by atoms with Crippen molar-refractivity contribution >= 4 is 29.0 Å². The molecule has 6 atom stereocenters. The number of rotatable bonds is 7. The van der Waals surface area contributed by atoms with Gasteiger partial charge < -0.3 is 15.9 Å². The predicted molar refractivity (Wildman–Crippen MR) is 153 cm³/mol. The summed E-state index contributed by atoms with van der Waals surface area (Å²) in [6.07, 6.45) is 9.08. The molecular weight excluding hydrogens is 536 g/mol. The Balaban J connectivity index is 1.54. The number of fused-ring (bicyclic) bond motifs is 3. The normalized spacial score (nSPS) is 28.6. The number of aliphatic hydroxyl groups is 1. The molecule has 2 aromatic rings. The quantitative estimate of drug-likeness (QED) is 0.259. The number of carbonyl (C=O) groups excluding carboxylic acids is 5. The van der Waals surface area contributed by atoms with Gasteiger partial charge in [-0.2, -0.15) is 0 Å². The number of phenols is 1. The Morgan fingerprint density at radius 1 is 1.07 bits per heavy atom. The third-order valence-electron chi connectivity index (χ3n) is 9.25. The summed E-state index contributed by atoms with van der Waals surface area (Å²) in [6.45, 7) is 0. The smallest absolute Gasteiger partial charge is 0.235 e. The largest absolute Gasteiger partial charge is 0.507 e. The topological polar surface area (TPSA) is 155 Å². The average Bonchev–Trinajstić information content (AvgIpc) is 2.93. The minimum absolute atomic E-state index is 0.00951. The van der Waals surface area contributed by atoms with E-state index in [2.05, 4.69) is 5.92 Å². The highest BCUT2D eigenvalue weighted by Crippen LogP contribution is 2.51. The number of hydrogen-bond acceptors (Lipinski definition) is 8. The Bertz CT molecular complexity index is 1540. The zero-order valence-electron chi connectivity index (χ0n) is 23.6. The van der Waals surface area contributed by atoms with Crippen molar-refractivity contribution in [2.75, 3.05) is 14.1 Å². The lowest BCUT2D eigenvalue weighted by Gasteiger charge is -2.52. The molecule has 1 amide bonds. The van der Waals surface area contributed by atoms with E-state index in [1.807, 2.05) is 24.3 Å². The van der Waals surface area contributed by atoms with E-state index in [1.165, 1.54) is 11.0 Å². The zero-order valence-corrected chi connectivity index (χ0v) is 23.6. The molecule has 0 saturated heterocycles. The average molecular weight is 571 g/mol. The number of Topliss-reactive ketones (excluding diaryl/α,β-unsaturated/α-hetero) is 4. The molecule has 3 unspecified atom stereocenters. The molecule has 2 fully saturated rings. The summed E-state index contributed by atoms with van der Waals surface area (Å²) >= 11 is 0. The fraction of sp³-hybridized carbons (Fsp3) is 0.424. The lowest BCUT2D eigenvalue weighted by Crippen LogP contribution is -2.74. The van der Waals surface area contributed by atoms with Crippen molar-refractivity contribution in [2.45, 2.75) is 50.2 Å². The maximum atomic E-state index is 14.0. The van der Waals surface area contributed by atoms with Crippen LogP contribution in [0, 0.1) is 36.0 Å². The number of terminal acetylenes is 1. The first-order valence-electron chi connectivity index (χ1n) is 14.2. The zero-order chi connectivity index (χ0) is 30.5. The molecule has 3 aliphatic rings. The summed E-state index contributed by atoms with van der Waals surface area (Å²) in [7, 11) is 3.12. The molecule has 2 saturated carbocycles. The van der Waals surface area contributed by atoms with E-state index in [0.29, 0.717) is 5.56 Å². The van der Waals surface area contributed by atoms with Crippen LogP contribution in [0.2, 0.25) is 0 Å². The Labute approximate surface area is 244 Å². The van der Waals surface area contributed by atoms with Crippen LogP contribution in [0.1, 0.15) is 47.2 Å². The number of ketones is 4. The summed E-state index contributed by atoms with van der Waals surface area (Å²) < 4.78 is 0. The Hall–Kier alpha value is -4.13. The molecule has 9 heteroatoms. The SMILES string of the molecule is C#CCCCCc1ccc(-c2ccc(O)c3c2C[C@@H]2C[C@@H]4C(N(C)C)C(=O)C(C(N)=O)C(=O)[C@]4(O)C(=O)C2C3=O)cc1. The van der Waals surface area contributed by atoms with Gasteiger partial charge in [-0.25, -0.2) is 0 Å². The van der Waals surface area contributed by atoms with Gasteiger partial charge in [-0.1, -0.05) is 30.3 Å². The van der Waals surface area contributed by atoms with Crippen molar-refractivity contribution < 1.29 is 34.2 Å². The number of nitrogens with zero attached hydrogens (tertiary/aromatic N) is 1. The molecule has 0 bridgehead atoms. The van der Waals surface area contributed by atoms with E-state index in [1.54, 1.807) is 20.2 Å². The van der Waals surface area contributed by atoms with Crippen LogP contribution in [0.25, 0.3) is 11.1 Å². The highest BCUT2D eigenvalue weighted by molar-refractivity contribution is 6.32. The number of likely N-dealkylation sites (N-methyl/N-ethyl adjacent to an activating group) is 1. The summed E-state index contributed by atoms with van der Waals surface area (Å²) in [5.41, 5.74) is 5.90. The molecule has 9 nitrogen and oxygen atoms in total. The van der Waals surface area contributed by atoms with E-state index in [-0.39, 0.29) is 24.2 Å². The van der Waals surface area contributed by atoms with Crippen LogP contribution in [0.15, 0.2) is 36.4 Å². The molecule has 42 heavy (non-hydrogen) atoms. The molecule has 4 N–H and O–H groups in total. The molecule has 3 aliphatic carbocycles. The number of aryl methyl sites for hydroxylation is 1. The second-order valence-corrected chi connectivity index (χ2v) is 11.9. The number of hydrogen-bond donors (Lipinski definition) is 3. The Morgan fingerprint density at radius 3 is 2.38 bits per heavy atom. The maximum absolute atomic E-state index is 14.0. The third-order valence-corrected chi connectivity index (χ3v) is 9.25. The van der Waals surface area contributed by atoms with Gasteiger partial charge in [0.25, 0.3) is 0 Å². The van der Waals surface area contributed by atoms with E-state index in [4.69, 9.17) is 12.2 Å². The number of nitrogens with two attached hydrogens (primary N) is 1. The van der Waals surface area contributed by atoms with Gasteiger partial charge >= 0.3 is 0 Å². The fourth-order valence-corrected chi connectivity index (χ4v) is 7.28. The lowest BCUT2D eigenvalue weighted by atomic mass is 9.52. The van der Waals surface area contributed by atoms with E-state index in [9.17, 15) is 34.2 Å². The summed E-state index contributed by atoms with van der Waals surface area (Å²) in [4.78, 5) is 68.1. The van der Waals surface area contributed by atoms with Crippen LogP contribution >= 0.6 is 0 Å². The maximum Gasteiger partial charge on any atom is 0.235 e. The molecule has 5 rings (SSSR count). The monoisotopic (exact) mass is 570 g/mol.